The Morgan fingerprint density at radius 3 is 2.50 bits per heavy atom. The molecule has 2 amide bonds. The molecule has 4 nitrogen and oxygen atoms in total. The largest absolute Gasteiger partial charge is 0.279 e. The van der Waals surface area contributed by atoms with Crippen molar-refractivity contribution in [2.75, 3.05) is 0 Å². The second-order valence-electron chi connectivity index (χ2n) is 4.60. The van der Waals surface area contributed by atoms with E-state index in [9.17, 15) is 14.0 Å². The van der Waals surface area contributed by atoms with Gasteiger partial charge >= 0.3 is 0 Å². The van der Waals surface area contributed by atoms with Crippen LogP contribution in [0.4, 0.5) is 4.39 Å². The van der Waals surface area contributed by atoms with E-state index in [2.05, 4.69) is 10.9 Å². The summed E-state index contributed by atoms with van der Waals surface area (Å²) in [6, 6.07) is 5.45. The molecule has 0 bridgehead atoms. The second kappa shape index (κ2) is 6.89. The molecule has 1 aromatic heterocycles. The average Bonchev–Trinajstić information content (AvgIpc) is 2.85. The van der Waals surface area contributed by atoms with Gasteiger partial charge < -0.3 is 0 Å². The summed E-state index contributed by atoms with van der Waals surface area (Å²) in [6.07, 6.45) is 0.839. The van der Waals surface area contributed by atoms with Crippen LogP contribution < -0.4 is 10.9 Å². The number of benzene rings is 1. The maximum atomic E-state index is 13.6. The number of halogens is 2. The summed E-state index contributed by atoms with van der Waals surface area (Å²) in [5.74, 6) is -1.93. The minimum atomic E-state index is -0.750. The van der Waals surface area contributed by atoms with Crippen LogP contribution in [0.5, 0.6) is 0 Å². The number of thiophene rings is 1. The van der Waals surface area contributed by atoms with E-state index in [-0.39, 0.29) is 10.6 Å². The van der Waals surface area contributed by atoms with E-state index in [0.29, 0.717) is 4.88 Å². The number of rotatable bonds is 3. The first kappa shape index (κ1) is 16.5. The van der Waals surface area contributed by atoms with Crippen molar-refractivity contribution >= 4 is 34.8 Å². The number of nitrogens with one attached hydrogen (secondary N) is 2. The Hall–Kier alpha value is -1.92. The molecule has 2 rings (SSSR count). The summed E-state index contributed by atoms with van der Waals surface area (Å²) < 4.78 is 13.6. The van der Waals surface area contributed by atoms with E-state index in [1.54, 1.807) is 6.07 Å². The van der Waals surface area contributed by atoms with E-state index < -0.39 is 17.6 Å². The van der Waals surface area contributed by atoms with Gasteiger partial charge in [-0.25, -0.2) is 4.39 Å². The molecule has 0 atom stereocenters. The topological polar surface area (TPSA) is 58.2 Å². The van der Waals surface area contributed by atoms with E-state index in [4.69, 9.17) is 11.6 Å². The molecular weight excluding hydrogens is 327 g/mol. The van der Waals surface area contributed by atoms with Crippen LogP contribution in [0, 0.1) is 12.7 Å². The SMILES string of the molecule is CCc1sc(C(=O)NNC(=O)c2ccc(Cl)cc2F)cc1C. The first-order valence-corrected chi connectivity index (χ1v) is 7.76. The molecular formula is C15H14ClFN2O2S. The predicted molar refractivity (Wildman–Crippen MR) is 84.8 cm³/mol. The lowest BCUT2D eigenvalue weighted by atomic mass is 10.2. The highest BCUT2D eigenvalue weighted by atomic mass is 35.5. The van der Waals surface area contributed by atoms with Gasteiger partial charge in [-0.3, -0.25) is 20.4 Å². The van der Waals surface area contributed by atoms with Gasteiger partial charge in [0.1, 0.15) is 5.82 Å². The molecule has 1 heterocycles. The van der Waals surface area contributed by atoms with Gasteiger partial charge in [0.2, 0.25) is 0 Å². The lowest BCUT2D eigenvalue weighted by molar-refractivity contribution is 0.0846. The van der Waals surface area contributed by atoms with Gasteiger partial charge in [0, 0.05) is 9.90 Å². The predicted octanol–water partition coefficient (Wildman–Crippen LogP) is 3.49. The van der Waals surface area contributed by atoms with Crippen LogP contribution in [0.3, 0.4) is 0 Å². The summed E-state index contributed by atoms with van der Waals surface area (Å²) in [7, 11) is 0. The fourth-order valence-electron chi connectivity index (χ4n) is 1.90. The monoisotopic (exact) mass is 340 g/mol. The van der Waals surface area contributed by atoms with Crippen LogP contribution >= 0.6 is 22.9 Å². The molecule has 0 aliphatic rings. The zero-order chi connectivity index (χ0) is 16.3. The minimum absolute atomic E-state index is 0.193. The van der Waals surface area contributed by atoms with E-state index >= 15 is 0 Å². The highest BCUT2D eigenvalue weighted by molar-refractivity contribution is 7.14. The van der Waals surface area contributed by atoms with Crippen molar-refractivity contribution < 1.29 is 14.0 Å². The third-order valence-electron chi connectivity index (χ3n) is 3.03. The molecule has 0 saturated carbocycles. The molecule has 0 spiro atoms. The van der Waals surface area contributed by atoms with Gasteiger partial charge in [-0.2, -0.15) is 0 Å². The Balaban J connectivity index is 2.02. The Morgan fingerprint density at radius 2 is 1.91 bits per heavy atom. The molecule has 1 aromatic carbocycles. The third kappa shape index (κ3) is 3.64. The Bertz CT molecular complexity index is 730. The zero-order valence-corrected chi connectivity index (χ0v) is 13.6. The number of aryl methyl sites for hydroxylation is 2. The summed E-state index contributed by atoms with van der Waals surface area (Å²) in [5.41, 5.74) is 5.31. The quantitative estimate of drug-likeness (QED) is 0.840. The first-order chi connectivity index (χ1) is 10.4. The lowest BCUT2D eigenvalue weighted by Gasteiger charge is -2.07. The maximum absolute atomic E-state index is 13.6. The van der Waals surface area contributed by atoms with Crippen molar-refractivity contribution in [3.63, 3.8) is 0 Å². The van der Waals surface area contributed by atoms with Gasteiger partial charge in [-0.05, 0) is 43.2 Å². The number of hydrogen-bond acceptors (Lipinski definition) is 3. The van der Waals surface area contributed by atoms with E-state index in [0.717, 1.165) is 22.9 Å². The molecule has 0 fully saturated rings. The van der Waals surface area contributed by atoms with Crippen LogP contribution in [-0.2, 0) is 6.42 Å². The maximum Gasteiger partial charge on any atom is 0.279 e. The number of hydrazine groups is 1. The molecule has 7 heteroatoms. The van der Waals surface area contributed by atoms with Crippen LogP contribution in [0.15, 0.2) is 24.3 Å². The van der Waals surface area contributed by atoms with Crippen molar-refractivity contribution in [2.24, 2.45) is 0 Å². The normalized spacial score (nSPS) is 10.4. The molecule has 0 unspecified atom stereocenters. The fraction of sp³-hybridized carbons (Fsp3) is 0.200. The second-order valence-corrected chi connectivity index (χ2v) is 6.18. The lowest BCUT2D eigenvalue weighted by Crippen LogP contribution is -2.41. The number of carbonyl (C=O) groups excluding carboxylic acids is 2. The highest BCUT2D eigenvalue weighted by Gasteiger charge is 2.15. The first-order valence-electron chi connectivity index (χ1n) is 6.57. The highest BCUT2D eigenvalue weighted by Crippen LogP contribution is 2.22. The Morgan fingerprint density at radius 1 is 1.23 bits per heavy atom. The number of hydrogen-bond donors (Lipinski definition) is 2. The fourth-order valence-corrected chi connectivity index (χ4v) is 3.07. The molecule has 116 valence electrons. The van der Waals surface area contributed by atoms with Crippen LogP contribution in [0.25, 0.3) is 0 Å². The van der Waals surface area contributed by atoms with Crippen molar-refractivity contribution in [1.29, 1.82) is 0 Å². The van der Waals surface area contributed by atoms with Crippen LogP contribution in [0.2, 0.25) is 5.02 Å². The van der Waals surface area contributed by atoms with Crippen LogP contribution in [0.1, 0.15) is 37.4 Å². The zero-order valence-electron chi connectivity index (χ0n) is 12.0. The van der Waals surface area contributed by atoms with Crippen molar-refractivity contribution in [3.05, 3.63) is 56.0 Å². The van der Waals surface area contributed by atoms with E-state index in [1.807, 2.05) is 13.8 Å². The third-order valence-corrected chi connectivity index (χ3v) is 4.65. The summed E-state index contributed by atoms with van der Waals surface area (Å²) in [4.78, 5) is 25.4. The number of carbonyl (C=O) groups is 2. The molecule has 2 aromatic rings. The van der Waals surface area contributed by atoms with Gasteiger partial charge in [-0.15, -0.1) is 11.3 Å². The molecule has 2 N–H and O–H groups in total. The van der Waals surface area contributed by atoms with Gasteiger partial charge in [0.15, 0.2) is 0 Å². The standard InChI is InChI=1S/C15H14ClFN2O2S/c1-3-12-8(2)6-13(22-12)15(21)19-18-14(20)10-5-4-9(16)7-11(10)17/h4-7H,3H2,1-2H3,(H,18,20)(H,19,21). The Kier molecular flexibility index (Phi) is 5.15. The Labute approximate surface area is 136 Å². The number of amides is 2. The summed E-state index contributed by atoms with van der Waals surface area (Å²) >= 11 is 6.99. The van der Waals surface area contributed by atoms with Crippen molar-refractivity contribution in [1.82, 2.24) is 10.9 Å². The van der Waals surface area contributed by atoms with Crippen molar-refractivity contribution in [3.8, 4) is 0 Å². The van der Waals surface area contributed by atoms with Gasteiger partial charge in [-0.1, -0.05) is 18.5 Å². The van der Waals surface area contributed by atoms with Crippen molar-refractivity contribution in [2.45, 2.75) is 20.3 Å². The average molecular weight is 341 g/mol. The molecule has 0 aliphatic carbocycles. The van der Waals surface area contributed by atoms with E-state index in [1.165, 1.54) is 23.5 Å². The molecule has 22 heavy (non-hydrogen) atoms. The van der Waals surface area contributed by atoms with Gasteiger partial charge in [0.25, 0.3) is 11.8 Å². The van der Waals surface area contributed by atoms with Gasteiger partial charge in [0.05, 0.1) is 10.4 Å². The van der Waals surface area contributed by atoms with Crippen LogP contribution in [-0.4, -0.2) is 11.8 Å². The minimum Gasteiger partial charge on any atom is -0.267 e. The summed E-state index contributed by atoms with van der Waals surface area (Å²) in [5, 5.41) is 0.194. The molecule has 0 saturated heterocycles. The molecule has 0 aliphatic heterocycles. The summed E-state index contributed by atoms with van der Waals surface area (Å²) in [6.45, 7) is 3.93. The smallest absolute Gasteiger partial charge is 0.267 e. The molecule has 0 radical (unpaired) electrons.